The van der Waals surface area contributed by atoms with Crippen LogP contribution in [0.4, 0.5) is 5.82 Å². The molecule has 1 aliphatic carbocycles. The van der Waals surface area contributed by atoms with Crippen molar-refractivity contribution in [2.75, 3.05) is 17.6 Å². The number of anilines is 1. The molecule has 0 radical (unpaired) electrons. The van der Waals surface area contributed by atoms with Gasteiger partial charge in [0.05, 0.1) is 0 Å². The van der Waals surface area contributed by atoms with E-state index in [2.05, 4.69) is 35.2 Å². The molecule has 0 amide bonds. The highest BCUT2D eigenvalue weighted by atomic mass is 32.2. The predicted octanol–water partition coefficient (Wildman–Crippen LogP) is 3.29. The van der Waals surface area contributed by atoms with Gasteiger partial charge in [-0.15, -0.1) is 11.8 Å². The molecular weight excluding hydrogens is 218 g/mol. The fourth-order valence-corrected chi connectivity index (χ4v) is 2.18. The molecule has 1 aromatic heterocycles. The van der Waals surface area contributed by atoms with E-state index in [4.69, 9.17) is 0 Å². The lowest BCUT2D eigenvalue weighted by Crippen LogP contribution is -2.05. The zero-order valence-corrected chi connectivity index (χ0v) is 10.8. The summed E-state index contributed by atoms with van der Waals surface area (Å²) in [5.74, 6) is 3.72. The number of hydrogen-bond acceptors (Lipinski definition) is 4. The molecule has 0 aliphatic heterocycles. The molecule has 88 valence electrons. The quantitative estimate of drug-likeness (QED) is 0.608. The molecule has 1 N–H and O–H groups in total. The minimum atomic E-state index is 0.625. The summed E-state index contributed by atoms with van der Waals surface area (Å²) in [6.45, 7) is 5.30. The molecule has 0 bridgehead atoms. The first kappa shape index (κ1) is 11.7. The molecule has 1 heterocycles. The van der Waals surface area contributed by atoms with E-state index in [0.717, 1.165) is 35.4 Å². The van der Waals surface area contributed by atoms with Crippen molar-refractivity contribution in [1.29, 1.82) is 0 Å². The molecule has 2 rings (SSSR count). The molecule has 0 saturated heterocycles. The van der Waals surface area contributed by atoms with Crippen molar-refractivity contribution in [1.82, 2.24) is 9.97 Å². The van der Waals surface area contributed by atoms with Crippen LogP contribution >= 0.6 is 11.8 Å². The Morgan fingerprint density at radius 2 is 2.19 bits per heavy atom. The largest absolute Gasteiger partial charge is 0.370 e. The average Bonchev–Trinajstić information content (AvgIpc) is 3.10. The molecule has 1 aliphatic rings. The molecule has 0 unspecified atom stereocenters. The Bertz CT molecular complexity index is 350. The zero-order chi connectivity index (χ0) is 11.4. The van der Waals surface area contributed by atoms with E-state index >= 15 is 0 Å². The van der Waals surface area contributed by atoms with E-state index in [-0.39, 0.29) is 0 Å². The third kappa shape index (κ3) is 3.11. The fraction of sp³-hybridized carbons (Fsp3) is 0.667. The topological polar surface area (TPSA) is 37.8 Å². The standard InChI is InChI=1S/C12H19N3S/c1-3-7-13-10-8-11(16-4-2)15-12(14-10)9-5-6-9/h8-9H,3-7H2,1-2H3,(H,13,14,15). The lowest BCUT2D eigenvalue weighted by molar-refractivity contribution is 0.868. The number of aromatic nitrogens is 2. The fourth-order valence-electron chi connectivity index (χ4n) is 1.53. The lowest BCUT2D eigenvalue weighted by atomic mass is 10.4. The van der Waals surface area contributed by atoms with Crippen LogP contribution in [0.25, 0.3) is 0 Å². The SMILES string of the molecule is CCCNc1cc(SCC)nc(C2CC2)n1. The van der Waals surface area contributed by atoms with E-state index in [1.54, 1.807) is 11.8 Å². The predicted molar refractivity (Wildman–Crippen MR) is 69.2 cm³/mol. The van der Waals surface area contributed by atoms with Crippen molar-refractivity contribution in [3.05, 3.63) is 11.9 Å². The van der Waals surface area contributed by atoms with Crippen molar-refractivity contribution in [3.8, 4) is 0 Å². The maximum atomic E-state index is 4.61. The molecule has 0 spiro atoms. The Hall–Kier alpha value is -0.770. The minimum absolute atomic E-state index is 0.625. The first-order valence-corrected chi connectivity index (χ1v) is 7.07. The van der Waals surface area contributed by atoms with Crippen molar-refractivity contribution < 1.29 is 0 Å². The van der Waals surface area contributed by atoms with Gasteiger partial charge < -0.3 is 5.32 Å². The number of hydrogen-bond donors (Lipinski definition) is 1. The molecule has 4 heteroatoms. The highest BCUT2D eigenvalue weighted by Crippen LogP contribution is 2.39. The van der Waals surface area contributed by atoms with Gasteiger partial charge in [-0.2, -0.15) is 0 Å². The van der Waals surface area contributed by atoms with Gasteiger partial charge in [0.2, 0.25) is 0 Å². The Labute approximate surface area is 101 Å². The van der Waals surface area contributed by atoms with Crippen LogP contribution < -0.4 is 5.32 Å². The van der Waals surface area contributed by atoms with Crippen LogP contribution in [0.3, 0.4) is 0 Å². The molecule has 1 aromatic rings. The second-order valence-corrected chi connectivity index (χ2v) is 5.37. The number of nitrogens with one attached hydrogen (secondary N) is 1. The first-order chi connectivity index (χ1) is 7.83. The van der Waals surface area contributed by atoms with Crippen LogP contribution in [0.2, 0.25) is 0 Å². The van der Waals surface area contributed by atoms with E-state index in [1.165, 1.54) is 12.8 Å². The summed E-state index contributed by atoms with van der Waals surface area (Å²) in [5.41, 5.74) is 0. The zero-order valence-electron chi connectivity index (χ0n) is 9.99. The minimum Gasteiger partial charge on any atom is -0.370 e. The molecule has 0 aromatic carbocycles. The van der Waals surface area contributed by atoms with Crippen LogP contribution in [0.15, 0.2) is 11.1 Å². The Morgan fingerprint density at radius 3 is 2.81 bits per heavy atom. The van der Waals surface area contributed by atoms with Crippen molar-refractivity contribution in [2.45, 2.75) is 44.1 Å². The molecule has 3 nitrogen and oxygen atoms in total. The summed E-state index contributed by atoms with van der Waals surface area (Å²) >= 11 is 1.79. The van der Waals surface area contributed by atoms with Gasteiger partial charge in [0.25, 0.3) is 0 Å². The molecule has 0 atom stereocenters. The molecular formula is C12H19N3S. The third-order valence-electron chi connectivity index (χ3n) is 2.51. The summed E-state index contributed by atoms with van der Waals surface area (Å²) in [4.78, 5) is 9.18. The monoisotopic (exact) mass is 237 g/mol. The van der Waals surface area contributed by atoms with Gasteiger partial charge in [0, 0.05) is 18.5 Å². The van der Waals surface area contributed by atoms with E-state index in [1.807, 2.05) is 0 Å². The number of nitrogens with zero attached hydrogens (tertiary/aromatic N) is 2. The Balaban J connectivity index is 2.14. The molecule has 1 saturated carbocycles. The third-order valence-corrected chi connectivity index (χ3v) is 3.30. The van der Waals surface area contributed by atoms with Crippen LogP contribution in [-0.4, -0.2) is 22.3 Å². The summed E-state index contributed by atoms with van der Waals surface area (Å²) < 4.78 is 0. The van der Waals surface area contributed by atoms with Gasteiger partial charge >= 0.3 is 0 Å². The smallest absolute Gasteiger partial charge is 0.135 e. The second-order valence-electron chi connectivity index (χ2n) is 4.08. The van der Waals surface area contributed by atoms with Gasteiger partial charge in [-0.3, -0.25) is 0 Å². The van der Waals surface area contributed by atoms with Crippen molar-refractivity contribution in [2.24, 2.45) is 0 Å². The molecule has 16 heavy (non-hydrogen) atoms. The average molecular weight is 237 g/mol. The van der Waals surface area contributed by atoms with Crippen LogP contribution in [0.1, 0.15) is 44.9 Å². The Morgan fingerprint density at radius 1 is 1.38 bits per heavy atom. The van der Waals surface area contributed by atoms with Crippen molar-refractivity contribution >= 4 is 17.6 Å². The van der Waals surface area contributed by atoms with Crippen LogP contribution in [0.5, 0.6) is 0 Å². The maximum Gasteiger partial charge on any atom is 0.135 e. The summed E-state index contributed by atoms with van der Waals surface area (Å²) in [6, 6.07) is 2.07. The number of thioether (sulfide) groups is 1. The van der Waals surface area contributed by atoms with Gasteiger partial charge in [-0.25, -0.2) is 9.97 Å². The molecule has 1 fully saturated rings. The summed E-state index contributed by atoms with van der Waals surface area (Å²) in [7, 11) is 0. The summed E-state index contributed by atoms with van der Waals surface area (Å²) in [5, 5.41) is 4.46. The van der Waals surface area contributed by atoms with Crippen LogP contribution in [0, 0.1) is 0 Å². The second kappa shape index (κ2) is 5.53. The first-order valence-electron chi connectivity index (χ1n) is 6.09. The maximum absolute atomic E-state index is 4.61. The van der Waals surface area contributed by atoms with Gasteiger partial charge in [0.1, 0.15) is 16.7 Å². The lowest BCUT2D eigenvalue weighted by Gasteiger charge is -2.08. The van der Waals surface area contributed by atoms with Gasteiger partial charge in [-0.1, -0.05) is 13.8 Å². The van der Waals surface area contributed by atoms with Gasteiger partial charge in [-0.05, 0) is 25.0 Å². The van der Waals surface area contributed by atoms with E-state index in [0.29, 0.717) is 5.92 Å². The van der Waals surface area contributed by atoms with Crippen LogP contribution in [-0.2, 0) is 0 Å². The van der Waals surface area contributed by atoms with Crippen molar-refractivity contribution in [3.63, 3.8) is 0 Å². The van der Waals surface area contributed by atoms with Gasteiger partial charge in [0.15, 0.2) is 0 Å². The Kier molecular flexibility index (Phi) is 4.04. The number of rotatable bonds is 6. The van der Waals surface area contributed by atoms with E-state index < -0.39 is 0 Å². The highest BCUT2D eigenvalue weighted by molar-refractivity contribution is 7.99. The normalized spacial score (nSPS) is 15.1. The highest BCUT2D eigenvalue weighted by Gasteiger charge is 2.27. The van der Waals surface area contributed by atoms with E-state index in [9.17, 15) is 0 Å². The summed E-state index contributed by atoms with van der Waals surface area (Å²) in [6.07, 6.45) is 3.64.